The van der Waals surface area contributed by atoms with Crippen LogP contribution < -0.4 is 21.3 Å². The third-order valence-corrected chi connectivity index (χ3v) is 10.3. The van der Waals surface area contributed by atoms with Crippen LogP contribution in [-0.4, -0.2) is 6.71 Å². The van der Waals surface area contributed by atoms with Gasteiger partial charge in [0.25, 0.3) is 0 Å². The van der Waals surface area contributed by atoms with E-state index in [0.29, 0.717) is 0 Å². The van der Waals surface area contributed by atoms with E-state index in [9.17, 15) is 0 Å². The van der Waals surface area contributed by atoms with Gasteiger partial charge < -0.3 is 4.90 Å². The number of anilines is 3. The van der Waals surface area contributed by atoms with E-state index in [1.54, 1.807) is 0 Å². The summed E-state index contributed by atoms with van der Waals surface area (Å²) in [6.45, 7) is 4.79. The molecule has 2 aliphatic rings. The third-order valence-electron chi connectivity index (χ3n) is 10.3. The predicted molar refractivity (Wildman–Crippen MR) is 201 cm³/mol. The molecule has 0 aromatic heterocycles. The first kappa shape index (κ1) is 27.7. The molecule has 0 saturated carbocycles. The van der Waals surface area contributed by atoms with E-state index >= 15 is 0 Å². The van der Waals surface area contributed by atoms with E-state index in [-0.39, 0.29) is 12.1 Å². The van der Waals surface area contributed by atoms with Crippen LogP contribution in [0.25, 0.3) is 33.4 Å². The average molecular weight is 600 g/mol. The zero-order valence-corrected chi connectivity index (χ0v) is 26.7. The summed E-state index contributed by atoms with van der Waals surface area (Å²) >= 11 is 0. The van der Waals surface area contributed by atoms with Crippen molar-refractivity contribution in [2.24, 2.45) is 0 Å². The van der Waals surface area contributed by atoms with Crippen LogP contribution in [0.3, 0.4) is 0 Å². The zero-order chi connectivity index (χ0) is 31.5. The lowest BCUT2D eigenvalue weighted by Gasteiger charge is -2.47. The van der Waals surface area contributed by atoms with Crippen molar-refractivity contribution < 1.29 is 0 Å². The lowest BCUT2D eigenvalue weighted by Crippen LogP contribution is -2.59. The fraction of sp³-hybridized carbons (Fsp3) is 0.0667. The highest BCUT2D eigenvalue weighted by Crippen LogP contribution is 2.52. The van der Waals surface area contributed by atoms with Gasteiger partial charge >= 0.3 is 0 Å². The summed E-state index contributed by atoms with van der Waals surface area (Å²) in [6, 6.07) is 62.7. The van der Waals surface area contributed by atoms with Crippen molar-refractivity contribution in [3.05, 3.63) is 181 Å². The lowest BCUT2D eigenvalue weighted by atomic mass is 9.33. The maximum atomic E-state index is 2.54. The molecule has 9 rings (SSSR count). The van der Waals surface area contributed by atoms with Gasteiger partial charge in [-0.2, -0.15) is 0 Å². The molecule has 0 radical (unpaired) electrons. The number of hydrogen-bond acceptors (Lipinski definition) is 1. The number of hydrogen-bond donors (Lipinski definition) is 0. The van der Waals surface area contributed by atoms with Gasteiger partial charge in [-0.3, -0.25) is 0 Å². The maximum absolute atomic E-state index is 2.54. The molecule has 0 bridgehead atoms. The predicted octanol–water partition coefficient (Wildman–Crippen LogP) is 9.63. The van der Waals surface area contributed by atoms with Crippen LogP contribution in [0.15, 0.2) is 170 Å². The van der Waals surface area contributed by atoms with E-state index in [1.807, 2.05) is 0 Å². The second-order valence-corrected chi connectivity index (χ2v) is 13.3. The molecule has 0 fully saturated rings. The Bertz CT molecular complexity index is 2210. The molecule has 7 aromatic rings. The second-order valence-electron chi connectivity index (χ2n) is 13.3. The molecule has 2 heteroatoms. The van der Waals surface area contributed by atoms with E-state index < -0.39 is 0 Å². The highest BCUT2D eigenvalue weighted by molar-refractivity contribution is 6.99. The fourth-order valence-corrected chi connectivity index (χ4v) is 8.15. The first-order valence-corrected chi connectivity index (χ1v) is 16.6. The van der Waals surface area contributed by atoms with Gasteiger partial charge in [-0.1, -0.05) is 165 Å². The Hall–Kier alpha value is -5.60. The monoisotopic (exact) mass is 599 g/mol. The summed E-state index contributed by atoms with van der Waals surface area (Å²) in [4.78, 5) is 2.54. The molecule has 0 amide bonds. The highest BCUT2D eigenvalue weighted by Gasteiger charge is 2.45. The van der Waals surface area contributed by atoms with Crippen LogP contribution >= 0.6 is 0 Å². The molecule has 47 heavy (non-hydrogen) atoms. The Morgan fingerprint density at radius 1 is 0.426 bits per heavy atom. The van der Waals surface area contributed by atoms with Gasteiger partial charge in [-0.25, -0.2) is 0 Å². The van der Waals surface area contributed by atoms with Gasteiger partial charge in [0.1, 0.15) is 0 Å². The quantitative estimate of drug-likeness (QED) is 0.182. The molecule has 0 N–H and O–H groups in total. The summed E-state index contributed by atoms with van der Waals surface area (Å²) < 4.78 is 0. The molecule has 0 atom stereocenters. The Morgan fingerprint density at radius 2 is 0.915 bits per heavy atom. The summed E-state index contributed by atoms with van der Waals surface area (Å²) in [5.74, 6) is 0. The van der Waals surface area contributed by atoms with Gasteiger partial charge in [-0.15, -0.1) is 0 Å². The molecule has 1 nitrogen and oxygen atoms in total. The Labute approximate surface area is 277 Å². The zero-order valence-electron chi connectivity index (χ0n) is 26.7. The second kappa shape index (κ2) is 10.7. The van der Waals surface area contributed by atoms with Crippen molar-refractivity contribution >= 4 is 40.2 Å². The summed E-state index contributed by atoms with van der Waals surface area (Å²) in [7, 11) is 0. The van der Waals surface area contributed by atoms with Crippen molar-refractivity contribution in [1.29, 1.82) is 0 Å². The minimum absolute atomic E-state index is 0.0219. The normalized spacial score (nSPS) is 13.8. The van der Waals surface area contributed by atoms with Crippen LogP contribution in [0.2, 0.25) is 0 Å². The van der Waals surface area contributed by atoms with Gasteiger partial charge in [0.15, 0.2) is 0 Å². The van der Waals surface area contributed by atoms with Crippen LogP contribution in [0.1, 0.15) is 25.0 Å². The number of para-hydroxylation sites is 3. The number of nitrogens with zero attached hydrogens (tertiary/aromatic N) is 1. The maximum Gasteiger partial charge on any atom is 0.248 e. The number of rotatable bonds is 4. The van der Waals surface area contributed by atoms with Gasteiger partial charge in [0.2, 0.25) is 6.71 Å². The largest absolute Gasteiger partial charge is 0.311 e. The van der Waals surface area contributed by atoms with Crippen LogP contribution in [-0.2, 0) is 5.41 Å². The van der Waals surface area contributed by atoms with Crippen molar-refractivity contribution in [1.82, 2.24) is 0 Å². The van der Waals surface area contributed by atoms with Gasteiger partial charge in [0.05, 0.1) is 5.69 Å². The van der Waals surface area contributed by atoms with E-state index in [1.165, 1.54) is 78.0 Å². The topological polar surface area (TPSA) is 3.24 Å². The van der Waals surface area contributed by atoms with Crippen molar-refractivity contribution in [2.75, 3.05) is 4.90 Å². The van der Waals surface area contributed by atoms with Gasteiger partial charge in [0, 0.05) is 16.8 Å². The molecule has 0 spiro atoms. The highest BCUT2D eigenvalue weighted by atomic mass is 15.2. The standard InChI is InChI=1S/C45H34BN/c1-45(2)37-23-12-14-27-41(37)47-42-28-15-13-25-39(42)46(40-26-16-24-38(45)44(40)47)43-35(32-19-8-4-9-20-32)29-34(31-17-6-3-7-18-31)30-36(43)33-21-10-5-11-22-33/h3-30H,1-2H3. The Kier molecular flexibility index (Phi) is 6.33. The Balaban J connectivity index is 1.42. The molecule has 2 aliphatic heterocycles. The average Bonchev–Trinajstić information content (AvgIpc) is 3.14. The first-order chi connectivity index (χ1) is 23.1. The minimum atomic E-state index is -0.142. The molecular formula is C45H34BN. The lowest BCUT2D eigenvalue weighted by molar-refractivity contribution is 0.632. The van der Waals surface area contributed by atoms with Gasteiger partial charge in [-0.05, 0) is 79.7 Å². The summed E-state index contributed by atoms with van der Waals surface area (Å²) in [5.41, 5.74) is 17.9. The number of fused-ring (bicyclic) bond motifs is 4. The molecule has 0 aliphatic carbocycles. The minimum Gasteiger partial charge on any atom is -0.311 e. The van der Waals surface area contributed by atoms with E-state index in [0.717, 1.165) is 0 Å². The van der Waals surface area contributed by atoms with E-state index in [2.05, 4.69) is 189 Å². The SMILES string of the molecule is CC1(C)c2ccccc2N2c3ccccc3B(c3c(-c4ccccc4)cc(-c4ccccc4)cc3-c3ccccc3)c3cccc1c32. The van der Waals surface area contributed by atoms with Crippen molar-refractivity contribution in [2.45, 2.75) is 19.3 Å². The molecule has 222 valence electrons. The molecular weight excluding hydrogens is 565 g/mol. The fourth-order valence-electron chi connectivity index (χ4n) is 8.15. The first-order valence-electron chi connectivity index (χ1n) is 16.6. The van der Waals surface area contributed by atoms with E-state index in [4.69, 9.17) is 0 Å². The smallest absolute Gasteiger partial charge is 0.248 e. The van der Waals surface area contributed by atoms with Crippen molar-refractivity contribution in [3.8, 4) is 33.4 Å². The molecule has 0 unspecified atom stereocenters. The molecule has 2 heterocycles. The Morgan fingerprint density at radius 3 is 1.55 bits per heavy atom. The molecule has 7 aromatic carbocycles. The summed E-state index contributed by atoms with van der Waals surface area (Å²) in [5, 5.41) is 0. The van der Waals surface area contributed by atoms with Crippen LogP contribution in [0, 0.1) is 0 Å². The van der Waals surface area contributed by atoms with Crippen molar-refractivity contribution in [3.63, 3.8) is 0 Å². The number of benzene rings is 7. The van der Waals surface area contributed by atoms with Crippen LogP contribution in [0.4, 0.5) is 17.1 Å². The third kappa shape index (κ3) is 4.25. The van der Waals surface area contributed by atoms with Crippen LogP contribution in [0.5, 0.6) is 0 Å². The summed E-state index contributed by atoms with van der Waals surface area (Å²) in [6.07, 6.45) is 0. The molecule has 0 saturated heterocycles.